The van der Waals surface area contributed by atoms with Crippen molar-refractivity contribution in [2.45, 2.75) is 25.9 Å². The van der Waals surface area contributed by atoms with Crippen LogP contribution in [-0.4, -0.2) is 11.2 Å². The Morgan fingerprint density at radius 1 is 1.38 bits per heavy atom. The van der Waals surface area contributed by atoms with Crippen molar-refractivity contribution in [1.82, 2.24) is 0 Å². The summed E-state index contributed by atoms with van der Waals surface area (Å²) in [7, 11) is 0. The van der Waals surface area contributed by atoms with Crippen LogP contribution in [0.25, 0.3) is 0 Å². The summed E-state index contributed by atoms with van der Waals surface area (Å²) in [5.41, 5.74) is 0. The Kier molecular flexibility index (Phi) is 0.762. The van der Waals surface area contributed by atoms with Crippen LogP contribution in [0.5, 0.6) is 0 Å². The van der Waals surface area contributed by atoms with E-state index in [1.54, 1.807) is 0 Å². The van der Waals surface area contributed by atoms with Crippen molar-refractivity contribution in [3.8, 4) is 0 Å². The molecule has 2 saturated carbocycles. The standard InChI is InChI=1S/C7H12O/c1-4-6-2-5(6)3-7(4)8/h4-8H,2-3H2,1H3. The van der Waals surface area contributed by atoms with Crippen molar-refractivity contribution < 1.29 is 5.11 Å². The average molecular weight is 112 g/mol. The van der Waals surface area contributed by atoms with Gasteiger partial charge in [0.1, 0.15) is 0 Å². The minimum Gasteiger partial charge on any atom is -0.393 e. The number of aliphatic hydroxyl groups excluding tert-OH is 1. The monoisotopic (exact) mass is 112 g/mol. The van der Waals surface area contributed by atoms with E-state index in [0.717, 1.165) is 18.3 Å². The number of aliphatic hydroxyl groups is 1. The van der Waals surface area contributed by atoms with Gasteiger partial charge in [-0.15, -0.1) is 0 Å². The second kappa shape index (κ2) is 1.27. The summed E-state index contributed by atoms with van der Waals surface area (Å²) in [6.07, 6.45) is 2.53. The molecule has 4 atom stereocenters. The van der Waals surface area contributed by atoms with Gasteiger partial charge in [-0.25, -0.2) is 0 Å². The summed E-state index contributed by atoms with van der Waals surface area (Å²) < 4.78 is 0. The maximum absolute atomic E-state index is 9.20. The molecule has 2 aliphatic carbocycles. The van der Waals surface area contributed by atoms with Gasteiger partial charge >= 0.3 is 0 Å². The number of fused-ring (bicyclic) bond motifs is 1. The highest BCUT2D eigenvalue weighted by Crippen LogP contribution is 2.54. The smallest absolute Gasteiger partial charge is 0.0571 e. The molecule has 1 nitrogen and oxygen atoms in total. The Morgan fingerprint density at radius 3 is 2.38 bits per heavy atom. The minimum atomic E-state index is 0.0405. The Bertz CT molecular complexity index is 109. The van der Waals surface area contributed by atoms with Crippen molar-refractivity contribution in [2.75, 3.05) is 0 Å². The molecule has 8 heavy (non-hydrogen) atoms. The zero-order valence-corrected chi connectivity index (χ0v) is 5.17. The molecule has 0 aromatic rings. The maximum Gasteiger partial charge on any atom is 0.0571 e. The van der Waals surface area contributed by atoms with Crippen molar-refractivity contribution in [3.05, 3.63) is 0 Å². The predicted octanol–water partition coefficient (Wildman–Crippen LogP) is 1.02. The first kappa shape index (κ1) is 4.80. The van der Waals surface area contributed by atoms with Crippen LogP contribution in [0.3, 0.4) is 0 Å². The van der Waals surface area contributed by atoms with E-state index in [0.29, 0.717) is 5.92 Å². The third kappa shape index (κ3) is 0.455. The Balaban J connectivity index is 2.08. The molecule has 0 aliphatic heterocycles. The van der Waals surface area contributed by atoms with Crippen molar-refractivity contribution in [2.24, 2.45) is 17.8 Å². The van der Waals surface area contributed by atoms with Crippen LogP contribution in [0.4, 0.5) is 0 Å². The third-order valence-electron chi connectivity index (χ3n) is 2.80. The lowest BCUT2D eigenvalue weighted by Crippen LogP contribution is -2.12. The molecule has 2 fully saturated rings. The van der Waals surface area contributed by atoms with Gasteiger partial charge in [0, 0.05) is 0 Å². The van der Waals surface area contributed by atoms with Crippen molar-refractivity contribution >= 4 is 0 Å². The first-order valence-corrected chi connectivity index (χ1v) is 3.47. The Morgan fingerprint density at radius 2 is 2.12 bits per heavy atom. The highest BCUT2D eigenvalue weighted by Gasteiger charge is 2.50. The van der Waals surface area contributed by atoms with E-state index in [-0.39, 0.29) is 6.10 Å². The normalized spacial score (nSPS) is 60.8. The molecule has 2 rings (SSSR count). The molecule has 4 unspecified atom stereocenters. The summed E-state index contributed by atoms with van der Waals surface area (Å²) in [5, 5.41) is 9.20. The molecule has 0 bridgehead atoms. The van der Waals surface area contributed by atoms with Gasteiger partial charge in [0.15, 0.2) is 0 Å². The SMILES string of the molecule is CC1C(O)CC2CC21. The van der Waals surface area contributed by atoms with Gasteiger partial charge in [-0.1, -0.05) is 6.92 Å². The summed E-state index contributed by atoms with van der Waals surface area (Å²) in [5.74, 6) is 2.44. The van der Waals surface area contributed by atoms with E-state index in [2.05, 4.69) is 6.92 Å². The molecule has 0 radical (unpaired) electrons. The molecular formula is C7H12O. The predicted molar refractivity (Wildman–Crippen MR) is 31.4 cm³/mol. The lowest BCUT2D eigenvalue weighted by Gasteiger charge is -2.09. The summed E-state index contributed by atoms with van der Waals surface area (Å²) in [6, 6.07) is 0. The lowest BCUT2D eigenvalue weighted by molar-refractivity contribution is 0.123. The molecule has 46 valence electrons. The van der Waals surface area contributed by atoms with Crippen LogP contribution in [0.2, 0.25) is 0 Å². The highest BCUT2D eigenvalue weighted by atomic mass is 16.3. The van der Waals surface area contributed by atoms with E-state index < -0.39 is 0 Å². The Labute approximate surface area is 49.7 Å². The number of hydrogen-bond acceptors (Lipinski definition) is 1. The fourth-order valence-corrected chi connectivity index (χ4v) is 2.00. The van der Waals surface area contributed by atoms with E-state index in [1.165, 1.54) is 6.42 Å². The molecule has 1 N–H and O–H groups in total. The maximum atomic E-state index is 9.20. The zero-order chi connectivity index (χ0) is 5.72. The highest BCUT2D eigenvalue weighted by molar-refractivity contribution is 5.00. The van der Waals surface area contributed by atoms with Gasteiger partial charge in [0.2, 0.25) is 0 Å². The summed E-state index contributed by atoms with van der Waals surface area (Å²) in [4.78, 5) is 0. The molecule has 2 aliphatic rings. The fourth-order valence-electron chi connectivity index (χ4n) is 2.00. The van der Waals surface area contributed by atoms with Crippen LogP contribution in [0.1, 0.15) is 19.8 Å². The quantitative estimate of drug-likeness (QED) is 0.496. The first-order chi connectivity index (χ1) is 3.79. The molecule has 0 saturated heterocycles. The zero-order valence-electron chi connectivity index (χ0n) is 5.17. The molecule has 0 spiro atoms. The van der Waals surface area contributed by atoms with Crippen LogP contribution in [0.15, 0.2) is 0 Å². The molecule has 1 heteroatoms. The van der Waals surface area contributed by atoms with E-state index in [9.17, 15) is 5.11 Å². The second-order valence-corrected chi connectivity index (χ2v) is 3.32. The van der Waals surface area contributed by atoms with Gasteiger partial charge in [-0.3, -0.25) is 0 Å². The van der Waals surface area contributed by atoms with Crippen LogP contribution in [-0.2, 0) is 0 Å². The summed E-state index contributed by atoms with van der Waals surface area (Å²) >= 11 is 0. The van der Waals surface area contributed by atoms with Gasteiger partial charge in [0.05, 0.1) is 6.10 Å². The van der Waals surface area contributed by atoms with Crippen molar-refractivity contribution in [3.63, 3.8) is 0 Å². The van der Waals surface area contributed by atoms with E-state index >= 15 is 0 Å². The minimum absolute atomic E-state index is 0.0405. The van der Waals surface area contributed by atoms with Gasteiger partial charge < -0.3 is 5.11 Å². The van der Waals surface area contributed by atoms with Gasteiger partial charge in [0.25, 0.3) is 0 Å². The molecule has 0 aromatic heterocycles. The topological polar surface area (TPSA) is 20.2 Å². The largest absolute Gasteiger partial charge is 0.393 e. The molecule has 0 amide bonds. The van der Waals surface area contributed by atoms with Gasteiger partial charge in [-0.2, -0.15) is 0 Å². The van der Waals surface area contributed by atoms with Crippen LogP contribution < -0.4 is 0 Å². The lowest BCUT2D eigenvalue weighted by atomic mass is 10.0. The van der Waals surface area contributed by atoms with E-state index in [1.807, 2.05) is 0 Å². The molecule has 0 aromatic carbocycles. The molecule has 0 heterocycles. The second-order valence-electron chi connectivity index (χ2n) is 3.32. The van der Waals surface area contributed by atoms with Crippen LogP contribution >= 0.6 is 0 Å². The molecular weight excluding hydrogens is 100 g/mol. The first-order valence-electron chi connectivity index (χ1n) is 3.47. The van der Waals surface area contributed by atoms with Crippen molar-refractivity contribution in [1.29, 1.82) is 0 Å². The number of rotatable bonds is 0. The van der Waals surface area contributed by atoms with E-state index in [4.69, 9.17) is 0 Å². The van der Waals surface area contributed by atoms with Gasteiger partial charge in [-0.05, 0) is 30.6 Å². The third-order valence-corrected chi connectivity index (χ3v) is 2.80. The Hall–Kier alpha value is -0.0400. The van der Waals surface area contributed by atoms with Crippen LogP contribution in [0, 0.1) is 17.8 Å². The summed E-state index contributed by atoms with van der Waals surface area (Å²) in [6.45, 7) is 2.17. The number of hydrogen-bond donors (Lipinski definition) is 1. The average Bonchev–Trinajstić information content (AvgIpc) is 2.39. The fraction of sp³-hybridized carbons (Fsp3) is 1.00.